The number of ether oxygens (including phenoxy) is 10. The Hall–Kier alpha value is -2.27. The Morgan fingerprint density at radius 1 is 0.431 bits per heavy atom. The van der Waals surface area contributed by atoms with Gasteiger partial charge in [0.05, 0.1) is 126 Å². The molecule has 12 nitrogen and oxygen atoms in total. The van der Waals surface area contributed by atoms with Crippen LogP contribution in [0.3, 0.4) is 0 Å². The number of esters is 1. The van der Waals surface area contributed by atoms with E-state index in [4.69, 9.17) is 51.8 Å². The topological polar surface area (TPSA) is 119 Å². The van der Waals surface area contributed by atoms with Gasteiger partial charge in [-0.15, -0.1) is 0 Å². The van der Waals surface area contributed by atoms with Crippen LogP contribution in [0.1, 0.15) is 27.7 Å². The van der Waals surface area contributed by atoms with Gasteiger partial charge in [-0.3, -0.25) is 4.79 Å². The van der Waals surface area contributed by atoms with Crippen LogP contribution in [0.25, 0.3) is 0 Å². The molecule has 51 heavy (non-hydrogen) atoms. The Morgan fingerprint density at radius 3 is 0.941 bits per heavy atom. The average molecular weight is 739 g/mol. The third-order valence-corrected chi connectivity index (χ3v) is 12.5. The molecular weight excluding hydrogens is 676 g/mol. The fourth-order valence-corrected chi connectivity index (χ4v) is 9.67. The predicted octanol–water partition coefficient (Wildman–Crippen LogP) is 3.28. The van der Waals surface area contributed by atoms with E-state index in [1.54, 1.807) is 0 Å². The van der Waals surface area contributed by atoms with Crippen molar-refractivity contribution < 1.29 is 56.6 Å². The first-order valence-corrected chi connectivity index (χ1v) is 19.9. The molecule has 2 aromatic carbocycles. The molecule has 0 amide bonds. The number of rotatable bonds is 33. The molecule has 0 unspecified atom stereocenters. The Balaban J connectivity index is 1.33. The van der Waals surface area contributed by atoms with E-state index in [1.807, 2.05) is 0 Å². The van der Waals surface area contributed by atoms with Gasteiger partial charge in [0.25, 0.3) is 8.32 Å². The summed E-state index contributed by atoms with van der Waals surface area (Å²) in [7, 11) is -2.54. The van der Waals surface area contributed by atoms with Gasteiger partial charge in [-0.2, -0.15) is 0 Å². The van der Waals surface area contributed by atoms with Gasteiger partial charge in [0, 0.05) is 6.92 Å². The maximum absolute atomic E-state index is 10.6. The fourth-order valence-electron chi connectivity index (χ4n) is 5.12. The minimum Gasteiger partial charge on any atom is -0.463 e. The van der Waals surface area contributed by atoms with Crippen molar-refractivity contribution >= 4 is 24.7 Å². The van der Waals surface area contributed by atoms with E-state index in [1.165, 1.54) is 17.3 Å². The van der Waals surface area contributed by atoms with E-state index in [-0.39, 0.29) is 17.6 Å². The second kappa shape index (κ2) is 29.2. The largest absolute Gasteiger partial charge is 0.463 e. The normalized spacial score (nSPS) is 12.0. The van der Waals surface area contributed by atoms with Crippen LogP contribution in [0.15, 0.2) is 60.7 Å². The lowest BCUT2D eigenvalue weighted by Gasteiger charge is -2.43. The molecule has 0 saturated carbocycles. The summed E-state index contributed by atoms with van der Waals surface area (Å²) in [4.78, 5) is 10.6. The molecule has 0 radical (unpaired) electrons. The van der Waals surface area contributed by atoms with Crippen molar-refractivity contribution in [3.8, 4) is 0 Å². The molecule has 0 N–H and O–H groups in total. The molecule has 0 aromatic heterocycles. The summed E-state index contributed by atoms with van der Waals surface area (Å²) in [6.07, 6.45) is 0. The quantitative estimate of drug-likeness (QED) is 0.0608. The SMILES string of the molecule is CC(=O)OCCOCCOCCOCCOCCOCCOCCOCCOCCOCCO[Si](c1ccccc1)(c1ccccc1)C(C)(C)C. The Morgan fingerprint density at radius 2 is 0.686 bits per heavy atom. The second-order valence-electron chi connectivity index (χ2n) is 12.4. The number of benzene rings is 2. The molecule has 0 aliphatic rings. The molecule has 0 saturated heterocycles. The van der Waals surface area contributed by atoms with Gasteiger partial charge in [-0.1, -0.05) is 81.4 Å². The summed E-state index contributed by atoms with van der Waals surface area (Å²) in [6, 6.07) is 21.3. The summed E-state index contributed by atoms with van der Waals surface area (Å²) >= 11 is 0. The summed E-state index contributed by atoms with van der Waals surface area (Å²) in [5.74, 6) is -0.311. The van der Waals surface area contributed by atoms with Gasteiger partial charge in [-0.25, -0.2) is 0 Å². The highest BCUT2D eigenvalue weighted by molar-refractivity contribution is 6.99. The first kappa shape index (κ1) is 44.9. The average Bonchev–Trinajstić information content (AvgIpc) is 3.12. The van der Waals surface area contributed by atoms with Crippen molar-refractivity contribution in [1.82, 2.24) is 0 Å². The second-order valence-corrected chi connectivity index (χ2v) is 16.7. The number of hydrogen-bond donors (Lipinski definition) is 0. The predicted molar refractivity (Wildman–Crippen MR) is 198 cm³/mol. The van der Waals surface area contributed by atoms with Crippen LogP contribution >= 0.6 is 0 Å². The minimum absolute atomic E-state index is 0.0585. The summed E-state index contributed by atoms with van der Waals surface area (Å²) in [5, 5.41) is 2.47. The molecule has 0 bridgehead atoms. The van der Waals surface area contributed by atoms with Crippen molar-refractivity contribution in [3.63, 3.8) is 0 Å². The zero-order valence-corrected chi connectivity index (χ0v) is 32.3. The maximum Gasteiger partial charge on any atom is 0.302 e. The Kier molecular flexibility index (Phi) is 25.7. The fraction of sp³-hybridized carbons (Fsp3) is 0.658. The molecule has 2 aromatic rings. The van der Waals surface area contributed by atoms with Crippen LogP contribution in [0.4, 0.5) is 0 Å². The molecule has 0 atom stereocenters. The van der Waals surface area contributed by atoms with E-state index in [0.29, 0.717) is 126 Å². The highest BCUT2D eigenvalue weighted by Gasteiger charge is 2.50. The molecule has 0 spiro atoms. The maximum atomic E-state index is 10.6. The third kappa shape index (κ3) is 20.5. The monoisotopic (exact) mass is 738 g/mol. The molecule has 0 aliphatic heterocycles. The van der Waals surface area contributed by atoms with Crippen molar-refractivity contribution in [3.05, 3.63) is 60.7 Å². The lowest BCUT2D eigenvalue weighted by atomic mass is 10.2. The van der Waals surface area contributed by atoms with Gasteiger partial charge in [-0.05, 0) is 15.4 Å². The van der Waals surface area contributed by atoms with E-state index in [2.05, 4.69) is 81.4 Å². The summed E-state index contributed by atoms with van der Waals surface area (Å²) in [6.45, 7) is 17.7. The van der Waals surface area contributed by atoms with Crippen LogP contribution in [-0.2, 0) is 56.6 Å². The van der Waals surface area contributed by atoms with Crippen molar-refractivity contribution in [1.29, 1.82) is 0 Å². The smallest absolute Gasteiger partial charge is 0.302 e. The minimum atomic E-state index is -2.54. The van der Waals surface area contributed by atoms with Crippen molar-refractivity contribution in [2.45, 2.75) is 32.7 Å². The highest BCUT2D eigenvalue weighted by Crippen LogP contribution is 2.36. The van der Waals surface area contributed by atoms with Gasteiger partial charge in [0.2, 0.25) is 0 Å². The molecule has 0 fully saturated rings. The van der Waals surface area contributed by atoms with Crippen molar-refractivity contribution in [2.24, 2.45) is 0 Å². The van der Waals surface area contributed by atoms with Crippen LogP contribution in [0, 0.1) is 0 Å². The lowest BCUT2D eigenvalue weighted by molar-refractivity contribution is -0.142. The van der Waals surface area contributed by atoms with Gasteiger partial charge >= 0.3 is 5.97 Å². The van der Waals surface area contributed by atoms with E-state index < -0.39 is 8.32 Å². The van der Waals surface area contributed by atoms with Crippen LogP contribution in [-0.4, -0.2) is 146 Å². The molecule has 0 aliphatic carbocycles. The first-order valence-electron chi connectivity index (χ1n) is 18.0. The van der Waals surface area contributed by atoms with E-state index in [9.17, 15) is 4.79 Å². The van der Waals surface area contributed by atoms with E-state index in [0.717, 1.165) is 0 Å². The number of hydrogen-bond acceptors (Lipinski definition) is 12. The molecule has 13 heteroatoms. The number of carbonyl (C=O) groups is 1. The molecule has 290 valence electrons. The van der Waals surface area contributed by atoms with Crippen LogP contribution < -0.4 is 10.4 Å². The first-order chi connectivity index (χ1) is 24.9. The molecular formula is C38H62O12Si. The molecule has 0 heterocycles. The van der Waals surface area contributed by atoms with Gasteiger partial charge in [0.15, 0.2) is 0 Å². The highest BCUT2D eigenvalue weighted by atomic mass is 28.4. The standard InChI is InChI=1S/C38H62O12Si/c1-35(39)49-33-31-47-29-27-45-25-23-43-21-19-41-17-15-40-16-18-42-20-22-44-24-26-46-28-30-48-32-34-50-51(38(2,3)4,36-11-7-5-8-12-36)37-13-9-6-10-14-37/h5-14H,15-34H2,1-4H3. The van der Waals surface area contributed by atoms with Gasteiger partial charge < -0.3 is 51.8 Å². The summed E-state index contributed by atoms with van der Waals surface area (Å²) in [5.41, 5.74) is 0. The summed E-state index contributed by atoms with van der Waals surface area (Å²) < 4.78 is 61.3. The zero-order valence-electron chi connectivity index (χ0n) is 31.3. The number of carbonyl (C=O) groups excluding carboxylic acids is 1. The third-order valence-electron chi connectivity index (χ3n) is 7.47. The Labute approximate surface area is 306 Å². The van der Waals surface area contributed by atoms with Gasteiger partial charge in [0.1, 0.15) is 6.61 Å². The lowest BCUT2D eigenvalue weighted by Crippen LogP contribution is -2.66. The Bertz CT molecular complexity index is 1050. The van der Waals surface area contributed by atoms with Crippen molar-refractivity contribution in [2.75, 3.05) is 132 Å². The zero-order chi connectivity index (χ0) is 36.7. The molecule has 2 rings (SSSR count). The van der Waals surface area contributed by atoms with Crippen LogP contribution in [0.5, 0.6) is 0 Å². The van der Waals surface area contributed by atoms with E-state index >= 15 is 0 Å². The van der Waals surface area contributed by atoms with Crippen LogP contribution in [0.2, 0.25) is 5.04 Å².